The Hall–Kier alpha value is -3.01. The maximum Gasteiger partial charge on any atom is 0.416 e. The van der Waals surface area contributed by atoms with Crippen LogP contribution in [0.4, 0.5) is 18.9 Å². The van der Waals surface area contributed by atoms with Crippen molar-refractivity contribution in [3.05, 3.63) is 65.5 Å². The number of rotatable bonds is 9. The molecule has 0 unspecified atom stereocenters. The summed E-state index contributed by atoms with van der Waals surface area (Å²) in [6, 6.07) is 12.4. The largest absolute Gasteiger partial charge is 0.486 e. The number of hydrogen-bond acceptors (Lipinski definition) is 5. The molecule has 0 saturated carbocycles. The molecule has 0 aliphatic heterocycles. The van der Waals surface area contributed by atoms with Gasteiger partial charge in [-0.3, -0.25) is 4.79 Å². The lowest BCUT2D eigenvalue weighted by molar-refractivity contribution is -0.137. The molecule has 6 nitrogen and oxygen atoms in total. The number of carbonyl (C=O) groups is 1. The van der Waals surface area contributed by atoms with Crippen LogP contribution in [0, 0.1) is 0 Å². The van der Waals surface area contributed by atoms with Gasteiger partial charge in [-0.25, -0.2) is 0 Å². The maximum absolute atomic E-state index is 12.8. The van der Waals surface area contributed by atoms with Crippen molar-refractivity contribution in [1.29, 1.82) is 0 Å². The van der Waals surface area contributed by atoms with E-state index in [0.29, 0.717) is 23.4 Å². The normalized spacial score (nSPS) is 11.6. The van der Waals surface area contributed by atoms with Gasteiger partial charge in [0.2, 0.25) is 5.91 Å². The van der Waals surface area contributed by atoms with Crippen molar-refractivity contribution in [1.82, 2.24) is 14.8 Å². The molecular weight excluding hydrogens is 453 g/mol. The highest BCUT2D eigenvalue weighted by Gasteiger charge is 2.30. The van der Waals surface area contributed by atoms with E-state index in [4.69, 9.17) is 4.74 Å². The summed E-state index contributed by atoms with van der Waals surface area (Å²) < 4.78 is 46.2. The first kappa shape index (κ1) is 24.6. The van der Waals surface area contributed by atoms with Gasteiger partial charge < -0.3 is 14.6 Å². The lowest BCUT2D eigenvalue weighted by Crippen LogP contribution is -2.15. The number of anilines is 1. The van der Waals surface area contributed by atoms with Crippen LogP contribution in [0.5, 0.6) is 5.75 Å². The Bertz CT molecular complexity index is 1080. The Balaban J connectivity index is 1.57. The lowest BCUT2D eigenvalue weighted by atomic mass is 10.0. The molecule has 33 heavy (non-hydrogen) atoms. The SMILES string of the molecule is CCn1c(COc2ccc(C(C)C)cc2)nnc1SCC(=O)Nc1cccc(C(F)(F)F)c1. The fourth-order valence-corrected chi connectivity index (χ4v) is 3.87. The van der Waals surface area contributed by atoms with Crippen LogP contribution in [0.3, 0.4) is 0 Å². The van der Waals surface area contributed by atoms with Gasteiger partial charge in [-0.2, -0.15) is 13.2 Å². The number of aromatic nitrogens is 3. The number of thioether (sulfide) groups is 1. The van der Waals surface area contributed by atoms with Crippen LogP contribution in [0.2, 0.25) is 0 Å². The van der Waals surface area contributed by atoms with Crippen LogP contribution < -0.4 is 10.1 Å². The summed E-state index contributed by atoms with van der Waals surface area (Å²) in [5, 5.41) is 11.3. The summed E-state index contributed by atoms with van der Waals surface area (Å²) in [4.78, 5) is 12.2. The van der Waals surface area contributed by atoms with E-state index in [2.05, 4.69) is 29.4 Å². The van der Waals surface area contributed by atoms with E-state index in [1.54, 1.807) is 0 Å². The highest BCUT2D eigenvalue weighted by molar-refractivity contribution is 7.99. The smallest absolute Gasteiger partial charge is 0.416 e. The van der Waals surface area contributed by atoms with Gasteiger partial charge in [-0.1, -0.05) is 43.8 Å². The number of nitrogens with one attached hydrogen (secondary N) is 1. The number of carbonyl (C=O) groups excluding carboxylic acids is 1. The monoisotopic (exact) mass is 478 g/mol. The minimum Gasteiger partial charge on any atom is -0.486 e. The third-order valence-corrected chi connectivity index (χ3v) is 5.80. The number of hydrogen-bond donors (Lipinski definition) is 1. The average molecular weight is 479 g/mol. The van der Waals surface area contributed by atoms with Crippen LogP contribution in [0.1, 0.15) is 43.6 Å². The van der Waals surface area contributed by atoms with Crippen molar-refractivity contribution >= 4 is 23.4 Å². The zero-order valence-electron chi connectivity index (χ0n) is 18.5. The summed E-state index contributed by atoms with van der Waals surface area (Å²) in [5.41, 5.74) is 0.494. The topological polar surface area (TPSA) is 69.0 Å². The molecule has 0 fully saturated rings. The van der Waals surface area contributed by atoms with Crippen molar-refractivity contribution in [3.63, 3.8) is 0 Å². The van der Waals surface area contributed by atoms with Gasteiger partial charge in [0.25, 0.3) is 0 Å². The molecule has 0 aliphatic carbocycles. The molecule has 3 aromatic rings. The van der Waals surface area contributed by atoms with E-state index in [1.165, 1.54) is 17.7 Å². The Kier molecular flexibility index (Phi) is 8.01. The van der Waals surface area contributed by atoms with Gasteiger partial charge in [0.1, 0.15) is 12.4 Å². The average Bonchev–Trinajstić information content (AvgIpc) is 3.18. The predicted molar refractivity (Wildman–Crippen MR) is 121 cm³/mol. The molecule has 0 saturated heterocycles. The van der Waals surface area contributed by atoms with Crippen molar-refractivity contribution in [3.8, 4) is 5.75 Å². The molecule has 1 amide bonds. The van der Waals surface area contributed by atoms with E-state index in [9.17, 15) is 18.0 Å². The standard InChI is InChI=1S/C23H25F3N4O2S/c1-4-30-20(13-32-19-10-8-16(9-11-19)15(2)3)28-29-22(30)33-14-21(31)27-18-7-5-6-17(12-18)23(24,25)26/h5-12,15H,4,13-14H2,1-3H3,(H,27,31). The second kappa shape index (κ2) is 10.7. The fraction of sp³-hybridized carbons (Fsp3) is 0.348. The first-order valence-electron chi connectivity index (χ1n) is 10.4. The minimum atomic E-state index is -4.47. The van der Waals surface area contributed by atoms with E-state index in [0.717, 1.165) is 29.6 Å². The second-order valence-electron chi connectivity index (χ2n) is 7.57. The van der Waals surface area contributed by atoms with Gasteiger partial charge in [0.15, 0.2) is 11.0 Å². The zero-order chi connectivity index (χ0) is 24.0. The van der Waals surface area contributed by atoms with Crippen molar-refractivity contribution < 1.29 is 22.7 Å². The first-order valence-corrected chi connectivity index (χ1v) is 11.4. The van der Waals surface area contributed by atoms with Gasteiger partial charge in [0, 0.05) is 12.2 Å². The van der Waals surface area contributed by atoms with Crippen LogP contribution in [-0.2, 0) is 24.1 Å². The second-order valence-corrected chi connectivity index (χ2v) is 8.51. The number of ether oxygens (including phenoxy) is 1. The number of halogens is 3. The molecule has 10 heteroatoms. The summed E-state index contributed by atoms with van der Waals surface area (Å²) in [6.45, 7) is 6.98. The number of benzene rings is 2. The van der Waals surface area contributed by atoms with E-state index in [1.807, 2.05) is 35.8 Å². The third kappa shape index (κ3) is 6.74. The molecule has 0 radical (unpaired) electrons. The van der Waals surface area contributed by atoms with Crippen molar-refractivity contribution in [2.45, 2.75) is 51.2 Å². The van der Waals surface area contributed by atoms with E-state index < -0.39 is 17.6 Å². The Morgan fingerprint density at radius 2 is 1.88 bits per heavy atom. The summed E-state index contributed by atoms with van der Waals surface area (Å²) in [6.07, 6.45) is -4.47. The predicted octanol–water partition coefficient (Wildman–Crippen LogP) is 5.75. The van der Waals surface area contributed by atoms with Crippen molar-refractivity contribution in [2.24, 2.45) is 0 Å². The molecular formula is C23H25F3N4O2S. The van der Waals surface area contributed by atoms with Crippen LogP contribution in [0.25, 0.3) is 0 Å². The molecule has 0 atom stereocenters. The Morgan fingerprint density at radius 1 is 1.15 bits per heavy atom. The van der Waals surface area contributed by atoms with Gasteiger partial charge >= 0.3 is 6.18 Å². The number of nitrogens with zero attached hydrogens (tertiary/aromatic N) is 3. The fourth-order valence-electron chi connectivity index (χ4n) is 3.05. The molecule has 1 heterocycles. The zero-order valence-corrected chi connectivity index (χ0v) is 19.3. The number of amides is 1. The summed E-state index contributed by atoms with van der Waals surface area (Å²) >= 11 is 1.16. The van der Waals surface area contributed by atoms with Crippen LogP contribution >= 0.6 is 11.8 Å². The summed E-state index contributed by atoms with van der Waals surface area (Å²) in [5.74, 6) is 1.32. The van der Waals surface area contributed by atoms with E-state index >= 15 is 0 Å². The van der Waals surface area contributed by atoms with Gasteiger partial charge in [0.05, 0.1) is 11.3 Å². The maximum atomic E-state index is 12.8. The molecule has 0 aliphatic rings. The molecule has 176 valence electrons. The van der Waals surface area contributed by atoms with Crippen LogP contribution in [0.15, 0.2) is 53.7 Å². The molecule has 1 aromatic heterocycles. The van der Waals surface area contributed by atoms with Crippen molar-refractivity contribution in [2.75, 3.05) is 11.1 Å². The highest BCUT2D eigenvalue weighted by atomic mass is 32.2. The lowest BCUT2D eigenvalue weighted by Gasteiger charge is -2.11. The quantitative estimate of drug-likeness (QED) is 0.397. The third-order valence-electron chi connectivity index (χ3n) is 4.83. The van der Waals surface area contributed by atoms with E-state index in [-0.39, 0.29) is 18.0 Å². The Morgan fingerprint density at radius 3 is 2.52 bits per heavy atom. The first-order chi connectivity index (χ1) is 15.7. The molecule has 0 bridgehead atoms. The minimum absolute atomic E-state index is 0.0219. The van der Waals surface area contributed by atoms with Crippen LogP contribution in [-0.4, -0.2) is 26.4 Å². The molecule has 1 N–H and O–H groups in total. The molecule has 2 aromatic carbocycles. The Labute approximate surface area is 194 Å². The number of alkyl halides is 3. The van der Waals surface area contributed by atoms with Gasteiger partial charge in [-0.05, 0) is 48.7 Å². The summed E-state index contributed by atoms with van der Waals surface area (Å²) in [7, 11) is 0. The highest BCUT2D eigenvalue weighted by Crippen LogP contribution is 2.30. The molecule has 3 rings (SSSR count). The van der Waals surface area contributed by atoms with Gasteiger partial charge in [-0.15, -0.1) is 10.2 Å². The molecule has 0 spiro atoms.